The van der Waals surface area contributed by atoms with Crippen molar-refractivity contribution in [3.63, 3.8) is 0 Å². The van der Waals surface area contributed by atoms with Gasteiger partial charge in [0.05, 0.1) is 7.11 Å². The van der Waals surface area contributed by atoms with Crippen LogP contribution in [-0.2, 0) is 0 Å². The summed E-state index contributed by atoms with van der Waals surface area (Å²) in [6, 6.07) is 3.00. The van der Waals surface area contributed by atoms with Gasteiger partial charge >= 0.3 is 0 Å². The third-order valence-electron chi connectivity index (χ3n) is 1.63. The van der Waals surface area contributed by atoms with E-state index in [-0.39, 0.29) is 17.2 Å². The van der Waals surface area contributed by atoms with Gasteiger partial charge in [-0.25, -0.2) is 0 Å². The van der Waals surface area contributed by atoms with Gasteiger partial charge in [-0.3, -0.25) is 0 Å². The highest BCUT2D eigenvalue weighted by molar-refractivity contribution is 5.61. The molecule has 0 saturated heterocycles. The Morgan fingerprint density at radius 2 is 1.85 bits per heavy atom. The first-order valence-corrected chi connectivity index (χ1v) is 4.02. The average molecular weight is 183 g/mol. The van der Waals surface area contributed by atoms with Crippen molar-refractivity contribution < 1.29 is 14.9 Å². The van der Waals surface area contributed by atoms with Crippen LogP contribution < -0.4 is 10.1 Å². The van der Waals surface area contributed by atoms with Crippen LogP contribution in [-0.4, -0.2) is 23.9 Å². The van der Waals surface area contributed by atoms with Crippen molar-refractivity contribution in [3.05, 3.63) is 12.1 Å². The molecule has 0 aliphatic heterocycles. The Hall–Kier alpha value is -1.58. The Balaban J connectivity index is 3.05. The summed E-state index contributed by atoms with van der Waals surface area (Å²) in [5.41, 5.74) is 0.665. The summed E-state index contributed by atoms with van der Waals surface area (Å²) >= 11 is 0. The largest absolute Gasteiger partial charge is 0.504 e. The second-order valence-corrected chi connectivity index (χ2v) is 2.58. The summed E-state index contributed by atoms with van der Waals surface area (Å²) in [4.78, 5) is 0. The Morgan fingerprint density at radius 1 is 1.31 bits per heavy atom. The second-order valence-electron chi connectivity index (χ2n) is 2.58. The number of rotatable bonds is 3. The Kier molecular flexibility index (Phi) is 2.84. The van der Waals surface area contributed by atoms with Gasteiger partial charge in [-0.1, -0.05) is 0 Å². The number of hydrogen-bond acceptors (Lipinski definition) is 4. The minimum atomic E-state index is -0.0709. The molecule has 4 nitrogen and oxygen atoms in total. The SMILES string of the molecule is CCNc1cc(O)c(OC)c(O)c1. The van der Waals surface area contributed by atoms with E-state index in [0.717, 1.165) is 6.54 Å². The molecule has 0 unspecified atom stereocenters. The van der Waals surface area contributed by atoms with E-state index in [1.807, 2.05) is 6.92 Å². The van der Waals surface area contributed by atoms with E-state index >= 15 is 0 Å². The quantitative estimate of drug-likeness (QED) is 0.665. The van der Waals surface area contributed by atoms with E-state index in [1.165, 1.54) is 19.2 Å². The Bertz CT molecular complexity index is 276. The smallest absolute Gasteiger partial charge is 0.202 e. The number of methoxy groups -OCH3 is 1. The van der Waals surface area contributed by atoms with Crippen molar-refractivity contribution in [1.29, 1.82) is 0 Å². The molecule has 0 aromatic heterocycles. The van der Waals surface area contributed by atoms with Crippen molar-refractivity contribution in [3.8, 4) is 17.2 Å². The van der Waals surface area contributed by atoms with E-state index in [9.17, 15) is 10.2 Å². The fraction of sp³-hybridized carbons (Fsp3) is 0.333. The lowest BCUT2D eigenvalue weighted by molar-refractivity contribution is 0.345. The van der Waals surface area contributed by atoms with Crippen LogP contribution in [0.25, 0.3) is 0 Å². The molecule has 0 amide bonds. The minimum absolute atomic E-state index is 0.0709. The standard InChI is InChI=1S/C9H13NO3/c1-3-10-6-4-7(11)9(13-2)8(12)5-6/h4-5,10-12H,3H2,1-2H3. The predicted octanol–water partition coefficient (Wildman–Crippen LogP) is 1.54. The maximum Gasteiger partial charge on any atom is 0.202 e. The van der Waals surface area contributed by atoms with E-state index in [4.69, 9.17) is 4.74 Å². The van der Waals surface area contributed by atoms with Crippen LogP contribution in [0.3, 0.4) is 0 Å². The number of benzene rings is 1. The van der Waals surface area contributed by atoms with E-state index < -0.39 is 0 Å². The number of phenolic OH excluding ortho intramolecular Hbond substituents is 2. The normalized spacial score (nSPS) is 9.69. The van der Waals surface area contributed by atoms with Gasteiger partial charge in [0.15, 0.2) is 11.5 Å². The highest BCUT2D eigenvalue weighted by Gasteiger charge is 2.08. The number of phenols is 2. The topological polar surface area (TPSA) is 61.7 Å². The minimum Gasteiger partial charge on any atom is -0.504 e. The molecular formula is C9H13NO3. The molecular weight excluding hydrogens is 170 g/mol. The monoisotopic (exact) mass is 183 g/mol. The van der Waals surface area contributed by atoms with Gasteiger partial charge in [0, 0.05) is 24.4 Å². The molecule has 1 aromatic carbocycles. The maximum atomic E-state index is 9.37. The molecule has 0 fully saturated rings. The summed E-state index contributed by atoms with van der Waals surface area (Å²) in [7, 11) is 1.39. The van der Waals surface area contributed by atoms with Crippen molar-refractivity contribution in [1.82, 2.24) is 0 Å². The molecule has 4 heteroatoms. The highest BCUT2D eigenvalue weighted by Crippen LogP contribution is 2.38. The van der Waals surface area contributed by atoms with Crippen LogP contribution in [0, 0.1) is 0 Å². The Morgan fingerprint density at radius 3 is 2.23 bits per heavy atom. The van der Waals surface area contributed by atoms with Crippen molar-refractivity contribution in [2.45, 2.75) is 6.92 Å². The van der Waals surface area contributed by atoms with Gasteiger partial charge in [-0.05, 0) is 6.92 Å². The molecule has 0 saturated carbocycles. The summed E-state index contributed by atoms with van der Waals surface area (Å²) in [5.74, 6) is -0.0430. The molecule has 3 N–H and O–H groups in total. The average Bonchev–Trinajstić information content (AvgIpc) is 2.04. The third kappa shape index (κ3) is 1.96. The van der Waals surface area contributed by atoms with Gasteiger partial charge < -0.3 is 20.3 Å². The van der Waals surface area contributed by atoms with Crippen LogP contribution in [0.1, 0.15) is 6.92 Å². The summed E-state index contributed by atoms with van der Waals surface area (Å²) in [6.07, 6.45) is 0. The maximum absolute atomic E-state index is 9.37. The molecule has 0 atom stereocenters. The molecule has 0 bridgehead atoms. The first kappa shape index (κ1) is 9.51. The second kappa shape index (κ2) is 3.89. The lowest BCUT2D eigenvalue weighted by atomic mass is 10.2. The fourth-order valence-corrected chi connectivity index (χ4v) is 1.11. The highest BCUT2D eigenvalue weighted by atomic mass is 16.5. The number of anilines is 1. The van der Waals surface area contributed by atoms with Crippen molar-refractivity contribution in [2.75, 3.05) is 19.0 Å². The number of nitrogens with one attached hydrogen (secondary N) is 1. The van der Waals surface area contributed by atoms with Crippen LogP contribution in [0.15, 0.2) is 12.1 Å². The Labute approximate surface area is 76.8 Å². The zero-order chi connectivity index (χ0) is 9.84. The third-order valence-corrected chi connectivity index (χ3v) is 1.63. The summed E-state index contributed by atoms with van der Waals surface area (Å²) < 4.78 is 4.78. The van der Waals surface area contributed by atoms with Crippen LogP contribution in [0.4, 0.5) is 5.69 Å². The lowest BCUT2D eigenvalue weighted by Gasteiger charge is -2.09. The molecule has 0 aliphatic carbocycles. The predicted molar refractivity (Wildman–Crippen MR) is 50.5 cm³/mol. The van der Waals surface area contributed by atoms with Gasteiger partial charge in [0.1, 0.15) is 0 Å². The number of aromatic hydroxyl groups is 2. The van der Waals surface area contributed by atoms with E-state index in [2.05, 4.69) is 5.32 Å². The van der Waals surface area contributed by atoms with Crippen LogP contribution >= 0.6 is 0 Å². The molecule has 1 aromatic rings. The fourth-order valence-electron chi connectivity index (χ4n) is 1.11. The molecule has 0 heterocycles. The van der Waals surface area contributed by atoms with Gasteiger partial charge in [-0.2, -0.15) is 0 Å². The van der Waals surface area contributed by atoms with Gasteiger partial charge in [0.2, 0.25) is 5.75 Å². The van der Waals surface area contributed by atoms with Crippen molar-refractivity contribution in [2.24, 2.45) is 0 Å². The molecule has 72 valence electrons. The first-order chi connectivity index (χ1) is 6.19. The molecule has 0 aliphatic rings. The molecule has 0 radical (unpaired) electrons. The first-order valence-electron chi connectivity index (χ1n) is 4.02. The lowest BCUT2D eigenvalue weighted by Crippen LogP contribution is -1.96. The zero-order valence-electron chi connectivity index (χ0n) is 7.66. The van der Waals surface area contributed by atoms with Gasteiger partial charge in [-0.15, -0.1) is 0 Å². The van der Waals surface area contributed by atoms with Crippen molar-refractivity contribution >= 4 is 5.69 Å². The van der Waals surface area contributed by atoms with Crippen LogP contribution in [0.2, 0.25) is 0 Å². The molecule has 13 heavy (non-hydrogen) atoms. The summed E-state index contributed by atoms with van der Waals surface area (Å²) in [6.45, 7) is 2.66. The number of hydrogen-bond donors (Lipinski definition) is 3. The summed E-state index contributed by atoms with van der Waals surface area (Å²) in [5, 5.41) is 21.7. The number of ether oxygens (including phenoxy) is 1. The zero-order valence-corrected chi connectivity index (χ0v) is 7.66. The van der Waals surface area contributed by atoms with E-state index in [0.29, 0.717) is 5.69 Å². The molecule has 1 rings (SSSR count). The van der Waals surface area contributed by atoms with Crippen LogP contribution in [0.5, 0.6) is 17.2 Å². The molecule has 0 spiro atoms. The van der Waals surface area contributed by atoms with Gasteiger partial charge in [0.25, 0.3) is 0 Å². The van der Waals surface area contributed by atoms with E-state index in [1.54, 1.807) is 0 Å².